The van der Waals surface area contributed by atoms with E-state index in [1.807, 2.05) is 91.8 Å². The second-order valence-electron chi connectivity index (χ2n) is 6.01. The van der Waals surface area contributed by atoms with E-state index in [9.17, 15) is 4.79 Å². The highest BCUT2D eigenvalue weighted by Crippen LogP contribution is 2.21. The number of aromatic nitrogens is 1. The number of nitrogens with one attached hydrogen (secondary N) is 1. The van der Waals surface area contributed by atoms with Crippen LogP contribution in [0.15, 0.2) is 79.0 Å². The van der Waals surface area contributed by atoms with E-state index >= 15 is 0 Å². The largest absolute Gasteiger partial charge is 0.378 e. The smallest absolute Gasteiger partial charge is 0.252 e. The first-order chi connectivity index (χ1) is 12.1. The van der Waals surface area contributed by atoms with Gasteiger partial charge < -0.3 is 10.2 Å². The monoisotopic (exact) mass is 331 g/mol. The molecule has 3 rings (SSSR count). The van der Waals surface area contributed by atoms with Crippen LogP contribution in [0.3, 0.4) is 0 Å². The summed E-state index contributed by atoms with van der Waals surface area (Å²) in [5.74, 6) is -0.121. The second-order valence-corrected chi connectivity index (χ2v) is 6.01. The van der Waals surface area contributed by atoms with E-state index < -0.39 is 0 Å². The van der Waals surface area contributed by atoms with Crippen molar-refractivity contribution < 1.29 is 4.79 Å². The van der Waals surface area contributed by atoms with Crippen molar-refractivity contribution in [1.82, 2.24) is 10.3 Å². The molecule has 1 heterocycles. The van der Waals surface area contributed by atoms with Crippen LogP contribution >= 0.6 is 0 Å². The molecule has 0 aliphatic rings. The molecule has 1 N–H and O–H groups in total. The van der Waals surface area contributed by atoms with Gasteiger partial charge in [-0.3, -0.25) is 9.78 Å². The average Bonchev–Trinajstić information content (AvgIpc) is 2.67. The third-order valence-corrected chi connectivity index (χ3v) is 4.04. The molecule has 0 saturated heterocycles. The minimum absolute atomic E-state index is 0.121. The molecule has 0 spiro atoms. The van der Waals surface area contributed by atoms with Crippen molar-refractivity contribution in [1.29, 1.82) is 0 Å². The molecule has 1 unspecified atom stereocenters. The van der Waals surface area contributed by atoms with Gasteiger partial charge in [-0.15, -0.1) is 0 Å². The summed E-state index contributed by atoms with van der Waals surface area (Å²) >= 11 is 0. The van der Waals surface area contributed by atoms with Gasteiger partial charge in [-0.25, -0.2) is 0 Å². The van der Waals surface area contributed by atoms with Crippen LogP contribution in [0, 0.1) is 0 Å². The van der Waals surface area contributed by atoms with E-state index in [-0.39, 0.29) is 11.9 Å². The van der Waals surface area contributed by atoms with Crippen molar-refractivity contribution in [2.75, 3.05) is 19.0 Å². The molecule has 1 aromatic heterocycles. The molecule has 4 nitrogen and oxygen atoms in total. The lowest BCUT2D eigenvalue weighted by Gasteiger charge is -2.19. The van der Waals surface area contributed by atoms with Crippen molar-refractivity contribution in [3.8, 4) is 0 Å². The number of hydrogen-bond donors (Lipinski definition) is 1. The molecular formula is C21H21N3O. The van der Waals surface area contributed by atoms with Crippen LogP contribution in [0.25, 0.3) is 0 Å². The van der Waals surface area contributed by atoms with E-state index in [1.54, 1.807) is 6.20 Å². The van der Waals surface area contributed by atoms with Gasteiger partial charge in [0.2, 0.25) is 0 Å². The van der Waals surface area contributed by atoms with Crippen LogP contribution in [0.1, 0.15) is 27.7 Å². The molecular weight excluding hydrogens is 310 g/mol. The molecule has 1 atom stereocenters. The third-order valence-electron chi connectivity index (χ3n) is 4.04. The lowest BCUT2D eigenvalue weighted by Crippen LogP contribution is -2.29. The number of nitrogens with zero attached hydrogens (tertiary/aromatic N) is 2. The summed E-state index contributed by atoms with van der Waals surface area (Å²) in [6.45, 7) is 0. The summed E-state index contributed by atoms with van der Waals surface area (Å²) in [5, 5.41) is 3.10. The Balaban J connectivity index is 1.86. The Morgan fingerprint density at radius 2 is 1.60 bits per heavy atom. The first-order valence-electron chi connectivity index (χ1n) is 8.19. The lowest BCUT2D eigenvalue weighted by atomic mass is 10.0. The number of benzene rings is 2. The highest BCUT2D eigenvalue weighted by atomic mass is 16.1. The number of hydrogen-bond acceptors (Lipinski definition) is 3. The molecule has 0 aliphatic heterocycles. The van der Waals surface area contributed by atoms with Gasteiger partial charge >= 0.3 is 0 Å². The molecule has 25 heavy (non-hydrogen) atoms. The van der Waals surface area contributed by atoms with Gasteiger partial charge in [0.1, 0.15) is 0 Å². The van der Waals surface area contributed by atoms with Gasteiger partial charge in [0.05, 0.1) is 11.7 Å². The number of carbonyl (C=O) groups is 1. The fourth-order valence-corrected chi connectivity index (χ4v) is 2.65. The molecule has 1 amide bonds. The molecule has 0 aliphatic carbocycles. The van der Waals surface area contributed by atoms with Crippen LogP contribution in [-0.4, -0.2) is 25.0 Å². The maximum atomic E-state index is 12.7. The zero-order chi connectivity index (χ0) is 17.6. The predicted octanol–water partition coefficient (Wildman–Crippen LogP) is 3.67. The highest BCUT2D eigenvalue weighted by Gasteiger charge is 2.18. The zero-order valence-electron chi connectivity index (χ0n) is 14.4. The van der Waals surface area contributed by atoms with Gasteiger partial charge in [0, 0.05) is 31.5 Å². The molecule has 126 valence electrons. The van der Waals surface area contributed by atoms with Crippen LogP contribution in [-0.2, 0) is 0 Å². The van der Waals surface area contributed by atoms with Gasteiger partial charge in [-0.05, 0) is 42.0 Å². The predicted molar refractivity (Wildman–Crippen MR) is 101 cm³/mol. The summed E-state index contributed by atoms with van der Waals surface area (Å²) in [4.78, 5) is 19.2. The molecule has 0 radical (unpaired) electrons. The van der Waals surface area contributed by atoms with Gasteiger partial charge in [-0.1, -0.05) is 36.4 Å². The quantitative estimate of drug-likeness (QED) is 0.776. The Morgan fingerprint density at radius 3 is 2.20 bits per heavy atom. The average molecular weight is 331 g/mol. The van der Waals surface area contributed by atoms with E-state index in [4.69, 9.17) is 0 Å². The van der Waals surface area contributed by atoms with Gasteiger partial charge in [0.25, 0.3) is 5.91 Å². The molecule has 0 fully saturated rings. The van der Waals surface area contributed by atoms with Crippen molar-refractivity contribution in [3.63, 3.8) is 0 Å². The Bertz CT molecular complexity index is 775. The summed E-state index contributed by atoms with van der Waals surface area (Å²) < 4.78 is 0. The van der Waals surface area contributed by atoms with Crippen molar-refractivity contribution in [2.24, 2.45) is 0 Å². The number of pyridine rings is 1. The topological polar surface area (TPSA) is 45.2 Å². The molecule has 2 aromatic carbocycles. The fraction of sp³-hybridized carbons (Fsp3) is 0.143. The van der Waals surface area contributed by atoms with Crippen molar-refractivity contribution in [3.05, 3.63) is 95.8 Å². The van der Waals surface area contributed by atoms with Crippen molar-refractivity contribution in [2.45, 2.75) is 6.04 Å². The van der Waals surface area contributed by atoms with Crippen molar-refractivity contribution >= 4 is 11.6 Å². The Hall–Kier alpha value is -3.14. The first kappa shape index (κ1) is 16.7. The Morgan fingerprint density at radius 1 is 0.920 bits per heavy atom. The number of amides is 1. The minimum atomic E-state index is -0.288. The van der Waals surface area contributed by atoms with Gasteiger partial charge in [-0.2, -0.15) is 0 Å². The van der Waals surface area contributed by atoms with Crippen LogP contribution in [0.2, 0.25) is 0 Å². The molecule has 3 aromatic rings. The maximum Gasteiger partial charge on any atom is 0.252 e. The SMILES string of the molecule is CN(C)c1ccc(C(=O)NC(c2ccccc2)c2ccccn2)cc1. The molecule has 0 bridgehead atoms. The van der Waals surface area contributed by atoms with E-state index in [0.29, 0.717) is 5.56 Å². The fourth-order valence-electron chi connectivity index (χ4n) is 2.65. The second kappa shape index (κ2) is 7.62. The first-order valence-corrected chi connectivity index (χ1v) is 8.19. The van der Waals surface area contributed by atoms with Crippen LogP contribution < -0.4 is 10.2 Å². The Kier molecular flexibility index (Phi) is 5.09. The number of rotatable bonds is 5. The van der Waals surface area contributed by atoms with E-state index in [1.165, 1.54) is 0 Å². The Labute approximate surface area is 148 Å². The molecule has 0 saturated carbocycles. The van der Waals surface area contributed by atoms with E-state index in [2.05, 4.69) is 10.3 Å². The minimum Gasteiger partial charge on any atom is -0.378 e. The van der Waals surface area contributed by atoms with Crippen LogP contribution in [0.4, 0.5) is 5.69 Å². The number of anilines is 1. The zero-order valence-corrected chi connectivity index (χ0v) is 14.4. The van der Waals surface area contributed by atoms with E-state index in [0.717, 1.165) is 16.9 Å². The summed E-state index contributed by atoms with van der Waals surface area (Å²) in [5.41, 5.74) is 3.50. The summed E-state index contributed by atoms with van der Waals surface area (Å²) in [6.07, 6.45) is 1.74. The molecule has 4 heteroatoms. The highest BCUT2D eigenvalue weighted by molar-refractivity contribution is 5.95. The number of carbonyl (C=O) groups excluding carboxylic acids is 1. The van der Waals surface area contributed by atoms with Crippen LogP contribution in [0.5, 0.6) is 0 Å². The summed E-state index contributed by atoms with van der Waals surface area (Å²) in [6, 6.07) is 22.9. The third kappa shape index (κ3) is 4.04. The normalized spacial score (nSPS) is 11.6. The lowest BCUT2D eigenvalue weighted by molar-refractivity contribution is 0.0942. The summed E-state index contributed by atoms with van der Waals surface area (Å²) in [7, 11) is 3.95. The maximum absolute atomic E-state index is 12.7. The van der Waals surface area contributed by atoms with Gasteiger partial charge in [0.15, 0.2) is 0 Å². The standard InChI is InChI=1S/C21H21N3O/c1-24(2)18-13-11-17(12-14-18)21(25)23-20(16-8-4-3-5-9-16)19-10-6-7-15-22-19/h3-15,20H,1-2H3,(H,23,25).